The molecule has 0 fully saturated rings. The molecule has 3 aliphatic heterocycles. The first-order valence-corrected chi connectivity index (χ1v) is 17.0. The van der Waals surface area contributed by atoms with E-state index in [4.69, 9.17) is 0 Å². The van der Waals surface area contributed by atoms with Gasteiger partial charge >= 0.3 is 6.85 Å². The van der Waals surface area contributed by atoms with Crippen LogP contribution in [0.15, 0.2) is 164 Å². The number of para-hydroxylation sites is 6. The third kappa shape index (κ3) is 3.11. The number of hydrogen-bond acceptors (Lipinski definition) is 2. The number of nitrogens with zero attached hydrogens (tertiary/aromatic N) is 4. The van der Waals surface area contributed by atoms with Gasteiger partial charge in [-0.3, -0.25) is 0 Å². The summed E-state index contributed by atoms with van der Waals surface area (Å²) in [5, 5.41) is 3.80. The van der Waals surface area contributed by atoms with Gasteiger partial charge in [-0.15, -0.1) is 0 Å². The molecule has 0 aliphatic carbocycles. The summed E-state index contributed by atoms with van der Waals surface area (Å²) < 4.78 is 4.96. The summed E-state index contributed by atoms with van der Waals surface area (Å²) >= 11 is 0. The van der Waals surface area contributed by atoms with Gasteiger partial charge in [0.15, 0.2) is 0 Å². The van der Waals surface area contributed by atoms with Crippen molar-refractivity contribution in [3.8, 4) is 22.5 Å². The van der Waals surface area contributed by atoms with Gasteiger partial charge < -0.3 is 18.8 Å². The number of fused-ring (bicyclic) bond motifs is 12. The fraction of sp³-hybridized carbons (Fsp3) is 0. The molecule has 0 radical (unpaired) electrons. The molecule has 0 unspecified atom stereocenters. The second-order valence-corrected chi connectivity index (χ2v) is 13.3. The van der Waals surface area contributed by atoms with E-state index in [1.165, 1.54) is 83.3 Å². The monoisotopic (exact) mass is 622 g/mol. The minimum atomic E-state index is 0.0372. The summed E-state index contributed by atoms with van der Waals surface area (Å²) in [6, 6.07) is 60.3. The minimum absolute atomic E-state index is 0.0372. The van der Waals surface area contributed by atoms with Crippen LogP contribution in [0.2, 0.25) is 0 Å². The smallest absolute Gasteiger partial charge is 0.351 e. The lowest BCUT2D eigenvalue weighted by atomic mass is 9.44. The Morgan fingerprint density at radius 1 is 0.388 bits per heavy atom. The summed E-state index contributed by atoms with van der Waals surface area (Å²) in [5.74, 6) is 0. The van der Waals surface area contributed by atoms with Gasteiger partial charge in [0.05, 0.1) is 33.6 Å². The van der Waals surface area contributed by atoms with Gasteiger partial charge in [-0.2, -0.15) is 0 Å². The molecule has 5 heterocycles. The zero-order valence-electron chi connectivity index (χ0n) is 26.5. The Morgan fingerprint density at radius 2 is 0.939 bits per heavy atom. The maximum Gasteiger partial charge on any atom is 0.351 e. The molecule has 0 saturated heterocycles. The van der Waals surface area contributed by atoms with Gasteiger partial charge in [0.2, 0.25) is 0 Å². The summed E-state index contributed by atoms with van der Waals surface area (Å²) in [6.45, 7) is 0.0372. The lowest BCUT2D eigenvalue weighted by Crippen LogP contribution is -2.65. The van der Waals surface area contributed by atoms with Crippen molar-refractivity contribution in [3.63, 3.8) is 0 Å². The maximum atomic E-state index is 2.60. The predicted molar refractivity (Wildman–Crippen MR) is 205 cm³/mol. The molecule has 3 aliphatic rings. The zero-order valence-corrected chi connectivity index (χ0v) is 26.5. The SMILES string of the molecule is c1cc(N2c3cccc4c3B3c5c2c2ccccc2n5-c2ccccc2N3c2ccccc2-4)cc(-n2c3ccccc3c3ccccc32)c1. The normalized spacial score (nSPS) is 13.6. The molecule has 2 aromatic heterocycles. The molecule has 12 rings (SSSR count). The van der Waals surface area contributed by atoms with E-state index in [2.05, 4.69) is 183 Å². The minimum Gasteiger partial charge on any atom is -0.374 e. The fourth-order valence-corrected chi connectivity index (χ4v) is 9.18. The Labute approximate surface area is 283 Å². The Bertz CT molecular complexity index is 2820. The number of benzene rings is 7. The van der Waals surface area contributed by atoms with Crippen molar-refractivity contribution in [3.05, 3.63) is 164 Å². The molecule has 7 aromatic carbocycles. The van der Waals surface area contributed by atoms with Gasteiger partial charge in [0.1, 0.15) is 0 Å². The second-order valence-electron chi connectivity index (χ2n) is 13.3. The average Bonchev–Trinajstić information content (AvgIpc) is 3.69. The third-order valence-corrected chi connectivity index (χ3v) is 11.0. The van der Waals surface area contributed by atoms with Crippen molar-refractivity contribution in [1.82, 2.24) is 9.13 Å². The molecule has 4 nitrogen and oxygen atoms in total. The van der Waals surface area contributed by atoms with E-state index in [-0.39, 0.29) is 6.85 Å². The van der Waals surface area contributed by atoms with E-state index in [9.17, 15) is 0 Å². The highest BCUT2D eigenvalue weighted by Crippen LogP contribution is 2.52. The van der Waals surface area contributed by atoms with Crippen LogP contribution in [0.3, 0.4) is 0 Å². The van der Waals surface area contributed by atoms with Crippen LogP contribution in [-0.4, -0.2) is 16.0 Å². The first-order valence-electron chi connectivity index (χ1n) is 17.0. The Kier molecular flexibility index (Phi) is 4.77. The summed E-state index contributed by atoms with van der Waals surface area (Å²) in [4.78, 5) is 5.14. The van der Waals surface area contributed by atoms with E-state index in [0.29, 0.717) is 0 Å². The first-order chi connectivity index (χ1) is 24.4. The van der Waals surface area contributed by atoms with Crippen molar-refractivity contribution >= 4 is 79.0 Å². The van der Waals surface area contributed by atoms with E-state index in [1.54, 1.807) is 0 Å². The molecule has 0 saturated carbocycles. The maximum absolute atomic E-state index is 2.60. The highest BCUT2D eigenvalue weighted by atomic mass is 15.2. The molecule has 0 bridgehead atoms. The number of aromatic nitrogens is 2. The van der Waals surface area contributed by atoms with Crippen LogP contribution in [0.4, 0.5) is 28.4 Å². The second kappa shape index (κ2) is 9.12. The number of anilines is 5. The Balaban J connectivity index is 1.21. The molecule has 0 atom stereocenters. The van der Waals surface area contributed by atoms with Gasteiger partial charge in [0, 0.05) is 50.1 Å². The van der Waals surface area contributed by atoms with E-state index in [1.807, 2.05) is 0 Å². The van der Waals surface area contributed by atoms with Crippen molar-refractivity contribution in [1.29, 1.82) is 0 Å². The number of rotatable bonds is 2. The van der Waals surface area contributed by atoms with E-state index < -0.39 is 0 Å². The Hall–Kier alpha value is -6.46. The van der Waals surface area contributed by atoms with E-state index in [0.717, 1.165) is 11.4 Å². The van der Waals surface area contributed by atoms with Gasteiger partial charge in [-0.25, -0.2) is 0 Å². The van der Waals surface area contributed by atoms with Crippen molar-refractivity contribution in [2.75, 3.05) is 9.71 Å². The number of hydrogen-bond donors (Lipinski definition) is 0. The lowest BCUT2D eigenvalue weighted by Gasteiger charge is -2.47. The Morgan fingerprint density at radius 3 is 1.71 bits per heavy atom. The lowest BCUT2D eigenvalue weighted by molar-refractivity contribution is 1.11. The largest absolute Gasteiger partial charge is 0.374 e. The highest BCUT2D eigenvalue weighted by Gasteiger charge is 2.50. The van der Waals surface area contributed by atoms with Gasteiger partial charge in [-0.1, -0.05) is 103 Å². The van der Waals surface area contributed by atoms with Crippen LogP contribution in [0.25, 0.3) is 55.2 Å². The van der Waals surface area contributed by atoms with Crippen LogP contribution in [0.5, 0.6) is 0 Å². The summed E-state index contributed by atoms with van der Waals surface area (Å²) in [7, 11) is 0. The zero-order chi connectivity index (χ0) is 31.8. The summed E-state index contributed by atoms with van der Waals surface area (Å²) in [5.41, 5.74) is 17.4. The van der Waals surface area contributed by atoms with E-state index >= 15 is 0 Å². The summed E-state index contributed by atoms with van der Waals surface area (Å²) in [6.07, 6.45) is 0. The quantitative estimate of drug-likeness (QED) is 0.179. The van der Waals surface area contributed by atoms with Gasteiger partial charge in [0.25, 0.3) is 0 Å². The molecular formula is C44H27BN4. The molecule has 0 N–H and O–H groups in total. The molecule has 0 spiro atoms. The predicted octanol–water partition coefficient (Wildman–Crippen LogP) is 9.75. The van der Waals surface area contributed by atoms with Gasteiger partial charge in [-0.05, 0) is 71.7 Å². The third-order valence-electron chi connectivity index (χ3n) is 11.0. The van der Waals surface area contributed by atoms with Crippen LogP contribution in [0, 0.1) is 0 Å². The molecular weight excluding hydrogens is 595 g/mol. The molecule has 5 heteroatoms. The molecule has 226 valence electrons. The molecule has 9 aromatic rings. The van der Waals surface area contributed by atoms with Crippen LogP contribution >= 0.6 is 0 Å². The van der Waals surface area contributed by atoms with Crippen LogP contribution in [-0.2, 0) is 0 Å². The van der Waals surface area contributed by atoms with Crippen LogP contribution in [0.1, 0.15) is 0 Å². The van der Waals surface area contributed by atoms with Crippen molar-refractivity contribution in [2.45, 2.75) is 0 Å². The first kappa shape index (κ1) is 25.6. The topological polar surface area (TPSA) is 16.3 Å². The average molecular weight is 623 g/mol. The van der Waals surface area contributed by atoms with Crippen molar-refractivity contribution in [2.24, 2.45) is 0 Å². The highest BCUT2D eigenvalue weighted by molar-refractivity contribution is 6.94. The van der Waals surface area contributed by atoms with Crippen LogP contribution < -0.4 is 20.8 Å². The van der Waals surface area contributed by atoms with Crippen molar-refractivity contribution < 1.29 is 0 Å². The fourth-order valence-electron chi connectivity index (χ4n) is 9.18. The molecule has 49 heavy (non-hydrogen) atoms. The molecule has 0 amide bonds. The standard InChI is InChI=1S/C44H27BN4/c1-5-20-35-30(15-1)31-16-2-6-21-36(31)46(35)28-13-11-14-29(27-28)47-41-26-12-19-33-32-17-3-8-23-38(32)49-40-25-10-9-24-39(40)48-37-22-7-4-18-34(37)43(47)44(48)45(49)42(33)41/h1-27H.